The van der Waals surface area contributed by atoms with Gasteiger partial charge in [-0.05, 0) is 49.2 Å². The highest BCUT2D eigenvalue weighted by Crippen LogP contribution is 2.24. The summed E-state index contributed by atoms with van der Waals surface area (Å²) in [6, 6.07) is 14.5. The lowest BCUT2D eigenvalue weighted by atomic mass is 10.2. The zero-order valence-electron chi connectivity index (χ0n) is 17.3. The summed E-state index contributed by atoms with van der Waals surface area (Å²) in [7, 11) is 0. The molecule has 3 N–H and O–H groups in total. The van der Waals surface area contributed by atoms with Crippen molar-refractivity contribution in [1.29, 1.82) is 0 Å². The van der Waals surface area contributed by atoms with Crippen molar-refractivity contribution in [2.45, 2.75) is 39.5 Å². The normalized spacial score (nSPS) is 10.3. The van der Waals surface area contributed by atoms with Crippen molar-refractivity contribution in [1.82, 2.24) is 5.32 Å². The number of hydrogen-bond acceptors (Lipinski definition) is 4. The van der Waals surface area contributed by atoms with Crippen molar-refractivity contribution in [2.75, 3.05) is 30.3 Å². The highest BCUT2D eigenvalue weighted by atomic mass is 16.5. The molecule has 0 atom stereocenters. The van der Waals surface area contributed by atoms with Gasteiger partial charge in [-0.3, -0.25) is 9.59 Å². The molecule has 0 saturated carbocycles. The van der Waals surface area contributed by atoms with Crippen LogP contribution in [0.5, 0.6) is 5.75 Å². The van der Waals surface area contributed by atoms with E-state index in [2.05, 4.69) is 29.8 Å². The third-order valence-electron chi connectivity index (χ3n) is 4.33. The fraction of sp³-hybridized carbons (Fsp3) is 0.391. The third kappa shape index (κ3) is 7.86. The maximum Gasteiger partial charge on any atom is 0.251 e. The Morgan fingerprint density at radius 1 is 0.931 bits per heavy atom. The molecular formula is C23H31N3O3. The number of unbranched alkanes of at least 4 members (excludes halogenated alkanes) is 2. The molecule has 2 aromatic rings. The fourth-order valence-corrected chi connectivity index (χ4v) is 2.62. The van der Waals surface area contributed by atoms with Crippen molar-refractivity contribution in [3.05, 3.63) is 54.1 Å². The maximum absolute atomic E-state index is 12.3. The van der Waals surface area contributed by atoms with Gasteiger partial charge in [-0.25, -0.2) is 0 Å². The highest BCUT2D eigenvalue weighted by molar-refractivity contribution is 5.96. The lowest BCUT2D eigenvalue weighted by Gasteiger charge is -2.13. The first-order chi connectivity index (χ1) is 14.1. The summed E-state index contributed by atoms with van der Waals surface area (Å²) in [5.41, 5.74) is 2.04. The second-order valence-electron chi connectivity index (χ2n) is 6.79. The smallest absolute Gasteiger partial charge is 0.251 e. The number of para-hydroxylation sites is 2. The van der Waals surface area contributed by atoms with Crippen molar-refractivity contribution in [3.63, 3.8) is 0 Å². The molecule has 2 aromatic carbocycles. The molecule has 2 rings (SSSR count). The predicted octanol–water partition coefficient (Wildman–Crippen LogP) is 4.45. The van der Waals surface area contributed by atoms with Crippen LogP contribution in [0.4, 0.5) is 11.4 Å². The molecule has 0 aliphatic rings. The molecule has 6 nitrogen and oxygen atoms in total. The Morgan fingerprint density at radius 3 is 2.38 bits per heavy atom. The first-order valence-electron chi connectivity index (χ1n) is 10.3. The standard InChI is InChI=1S/C23H31N3O3/c1-3-5-15-24-23(28)18-11-13-19(14-12-18)25-17-22(27)26-20-9-7-8-10-21(20)29-16-6-4-2/h7-14,25H,3-6,15-17H2,1-2H3,(H,24,28)(H,26,27). The van der Waals surface area contributed by atoms with E-state index in [1.54, 1.807) is 24.3 Å². The van der Waals surface area contributed by atoms with Crippen LogP contribution in [0.2, 0.25) is 0 Å². The summed E-state index contributed by atoms with van der Waals surface area (Å²) in [5.74, 6) is 0.424. The molecule has 0 aliphatic heterocycles. The van der Waals surface area contributed by atoms with Gasteiger partial charge in [0.1, 0.15) is 5.75 Å². The van der Waals surface area contributed by atoms with Crippen LogP contribution in [0, 0.1) is 0 Å². The second-order valence-corrected chi connectivity index (χ2v) is 6.79. The van der Waals surface area contributed by atoms with Gasteiger partial charge in [-0.2, -0.15) is 0 Å². The lowest BCUT2D eigenvalue weighted by molar-refractivity contribution is -0.114. The molecule has 0 aliphatic carbocycles. The number of rotatable bonds is 12. The van der Waals surface area contributed by atoms with E-state index >= 15 is 0 Å². The lowest BCUT2D eigenvalue weighted by Crippen LogP contribution is -2.24. The van der Waals surface area contributed by atoms with E-state index in [0.29, 0.717) is 30.2 Å². The van der Waals surface area contributed by atoms with E-state index in [9.17, 15) is 9.59 Å². The minimum Gasteiger partial charge on any atom is -0.491 e. The second kappa shape index (κ2) is 12.4. The molecule has 156 valence electrons. The maximum atomic E-state index is 12.3. The summed E-state index contributed by atoms with van der Waals surface area (Å²) >= 11 is 0. The van der Waals surface area contributed by atoms with Gasteiger partial charge in [0, 0.05) is 17.8 Å². The minimum absolute atomic E-state index is 0.0811. The fourth-order valence-electron chi connectivity index (χ4n) is 2.62. The molecule has 0 saturated heterocycles. The topological polar surface area (TPSA) is 79.5 Å². The van der Waals surface area contributed by atoms with Gasteiger partial charge in [-0.1, -0.05) is 38.8 Å². The minimum atomic E-state index is -0.169. The zero-order valence-corrected chi connectivity index (χ0v) is 17.3. The first-order valence-corrected chi connectivity index (χ1v) is 10.3. The number of anilines is 2. The average molecular weight is 398 g/mol. The van der Waals surface area contributed by atoms with Gasteiger partial charge >= 0.3 is 0 Å². The largest absolute Gasteiger partial charge is 0.491 e. The predicted molar refractivity (Wildman–Crippen MR) is 118 cm³/mol. The number of amides is 2. The molecule has 0 aromatic heterocycles. The van der Waals surface area contributed by atoms with Crippen LogP contribution in [0.15, 0.2) is 48.5 Å². The first kappa shape index (κ1) is 22.3. The Labute approximate surface area is 173 Å². The zero-order chi connectivity index (χ0) is 20.9. The van der Waals surface area contributed by atoms with E-state index in [4.69, 9.17) is 4.74 Å². The van der Waals surface area contributed by atoms with Gasteiger partial charge in [-0.15, -0.1) is 0 Å². The van der Waals surface area contributed by atoms with E-state index in [0.717, 1.165) is 31.4 Å². The van der Waals surface area contributed by atoms with Gasteiger partial charge in [0.25, 0.3) is 5.91 Å². The molecular weight excluding hydrogens is 366 g/mol. The van der Waals surface area contributed by atoms with Gasteiger partial charge < -0.3 is 20.7 Å². The van der Waals surface area contributed by atoms with E-state index in [-0.39, 0.29) is 18.4 Å². The van der Waals surface area contributed by atoms with Crippen LogP contribution in [0.3, 0.4) is 0 Å². The van der Waals surface area contributed by atoms with E-state index < -0.39 is 0 Å². The molecule has 29 heavy (non-hydrogen) atoms. The number of hydrogen-bond donors (Lipinski definition) is 3. The van der Waals surface area contributed by atoms with Crippen molar-refractivity contribution >= 4 is 23.2 Å². The number of benzene rings is 2. The highest BCUT2D eigenvalue weighted by Gasteiger charge is 2.08. The Kier molecular flexibility index (Phi) is 9.55. The number of ether oxygens (including phenoxy) is 1. The van der Waals surface area contributed by atoms with Crippen molar-refractivity contribution in [3.8, 4) is 5.75 Å². The van der Waals surface area contributed by atoms with Crippen LogP contribution in [0.1, 0.15) is 49.9 Å². The van der Waals surface area contributed by atoms with E-state index in [1.807, 2.05) is 24.3 Å². The SMILES string of the molecule is CCCCNC(=O)c1ccc(NCC(=O)Nc2ccccc2OCCCC)cc1. The van der Waals surface area contributed by atoms with Crippen LogP contribution >= 0.6 is 0 Å². The summed E-state index contributed by atoms with van der Waals surface area (Å²) in [6.45, 7) is 5.61. The molecule has 0 bridgehead atoms. The van der Waals surface area contributed by atoms with Crippen LogP contribution in [-0.4, -0.2) is 31.5 Å². The number of nitrogens with one attached hydrogen (secondary N) is 3. The number of carbonyl (C=O) groups excluding carboxylic acids is 2. The Hall–Kier alpha value is -3.02. The Morgan fingerprint density at radius 2 is 1.66 bits per heavy atom. The molecule has 0 spiro atoms. The molecule has 6 heteroatoms. The number of carbonyl (C=O) groups is 2. The summed E-state index contributed by atoms with van der Waals surface area (Å²) in [5, 5.41) is 8.83. The molecule has 0 radical (unpaired) electrons. The van der Waals surface area contributed by atoms with Gasteiger partial charge in [0.15, 0.2) is 0 Å². The molecule has 0 unspecified atom stereocenters. The van der Waals surface area contributed by atoms with Gasteiger partial charge in [0.2, 0.25) is 5.91 Å². The van der Waals surface area contributed by atoms with Crippen LogP contribution < -0.4 is 20.7 Å². The molecule has 0 heterocycles. The molecule has 2 amide bonds. The summed E-state index contributed by atoms with van der Waals surface area (Å²) in [4.78, 5) is 24.3. The van der Waals surface area contributed by atoms with Crippen molar-refractivity contribution < 1.29 is 14.3 Å². The quantitative estimate of drug-likeness (QED) is 0.463. The van der Waals surface area contributed by atoms with E-state index in [1.165, 1.54) is 0 Å². The monoisotopic (exact) mass is 397 g/mol. The van der Waals surface area contributed by atoms with Crippen LogP contribution in [-0.2, 0) is 4.79 Å². The van der Waals surface area contributed by atoms with Crippen LogP contribution in [0.25, 0.3) is 0 Å². The molecule has 0 fully saturated rings. The Bertz CT molecular complexity index is 775. The Balaban J connectivity index is 1.83. The van der Waals surface area contributed by atoms with Gasteiger partial charge in [0.05, 0.1) is 18.8 Å². The average Bonchev–Trinajstić information content (AvgIpc) is 2.74. The third-order valence-corrected chi connectivity index (χ3v) is 4.33. The van der Waals surface area contributed by atoms with Crippen molar-refractivity contribution in [2.24, 2.45) is 0 Å². The summed E-state index contributed by atoms with van der Waals surface area (Å²) < 4.78 is 5.74. The summed E-state index contributed by atoms with van der Waals surface area (Å²) in [6.07, 6.45) is 4.03.